The van der Waals surface area contributed by atoms with Crippen LogP contribution in [0.4, 0.5) is 4.39 Å². The molecule has 0 unspecified atom stereocenters. The summed E-state index contributed by atoms with van der Waals surface area (Å²) in [5, 5.41) is 4.68. The molecule has 2 aromatic carbocycles. The fourth-order valence-electron chi connectivity index (χ4n) is 6.66. The first kappa shape index (κ1) is 27.4. The molecule has 0 spiro atoms. The van der Waals surface area contributed by atoms with E-state index in [0.717, 1.165) is 48.6 Å². The van der Waals surface area contributed by atoms with E-state index >= 15 is 0 Å². The maximum Gasteiger partial charge on any atom is 0.243 e. The van der Waals surface area contributed by atoms with Crippen LogP contribution in [0.5, 0.6) is 0 Å². The monoisotopic (exact) mass is 562 g/mol. The molecule has 1 atom stereocenters. The van der Waals surface area contributed by atoms with Crippen LogP contribution in [0.1, 0.15) is 63.3 Å². The van der Waals surface area contributed by atoms with Crippen molar-refractivity contribution in [2.45, 2.75) is 63.2 Å². The summed E-state index contributed by atoms with van der Waals surface area (Å²) in [4.78, 5) is 2.89. The number of halogens is 1. The number of benzene rings is 2. The molecule has 6 nitrogen and oxygen atoms in total. The average molecular weight is 563 g/mol. The molecule has 2 saturated heterocycles. The van der Waals surface area contributed by atoms with Gasteiger partial charge in [-0.1, -0.05) is 44.9 Å². The second-order valence-electron chi connectivity index (χ2n) is 12.8. The van der Waals surface area contributed by atoms with Gasteiger partial charge in [0.1, 0.15) is 5.82 Å². The molecular formula is C32H39FN4O2S. The molecule has 2 aliphatic heterocycles. The zero-order valence-corrected chi connectivity index (χ0v) is 24.6. The van der Waals surface area contributed by atoms with Crippen molar-refractivity contribution in [2.24, 2.45) is 5.41 Å². The van der Waals surface area contributed by atoms with Crippen LogP contribution in [0.25, 0.3) is 11.8 Å². The molecule has 1 aromatic heterocycles. The molecule has 3 aliphatic rings. The lowest BCUT2D eigenvalue weighted by atomic mass is 9.68. The molecule has 212 valence electrons. The number of sulfonamides is 1. The lowest BCUT2D eigenvalue weighted by molar-refractivity contribution is 0.115. The van der Waals surface area contributed by atoms with E-state index in [1.54, 1.807) is 28.6 Å². The van der Waals surface area contributed by atoms with Gasteiger partial charge in [0.15, 0.2) is 0 Å². The molecule has 0 amide bonds. The zero-order chi connectivity index (χ0) is 28.1. The number of hydrogen-bond donors (Lipinski definition) is 0. The van der Waals surface area contributed by atoms with Gasteiger partial charge in [-0.25, -0.2) is 17.5 Å². The second-order valence-corrected chi connectivity index (χ2v) is 14.7. The van der Waals surface area contributed by atoms with Crippen molar-refractivity contribution in [1.82, 2.24) is 19.0 Å². The number of hydrogen-bond acceptors (Lipinski definition) is 4. The molecule has 2 fully saturated rings. The Labute approximate surface area is 237 Å². The maximum atomic E-state index is 14.0. The van der Waals surface area contributed by atoms with Gasteiger partial charge in [-0.2, -0.15) is 9.40 Å². The SMILES string of the molecule is CC(C)(C)c1ccc(S(=O)(=O)N2CCC3=Cc4c(cnn4-c4ccc(F)cc4)C[C@]3(CN3CCCCC3)C2)cc1. The highest BCUT2D eigenvalue weighted by molar-refractivity contribution is 7.89. The number of piperidine rings is 2. The van der Waals surface area contributed by atoms with Crippen LogP contribution in [-0.4, -0.2) is 60.1 Å². The van der Waals surface area contributed by atoms with Crippen molar-refractivity contribution in [3.05, 3.63) is 82.9 Å². The van der Waals surface area contributed by atoms with Crippen molar-refractivity contribution in [2.75, 3.05) is 32.7 Å². The number of aromatic nitrogens is 2. The van der Waals surface area contributed by atoms with Gasteiger partial charge in [0.25, 0.3) is 0 Å². The predicted molar refractivity (Wildman–Crippen MR) is 156 cm³/mol. The molecule has 0 radical (unpaired) electrons. The third kappa shape index (κ3) is 5.06. The molecule has 1 aliphatic carbocycles. The minimum atomic E-state index is -3.64. The molecular weight excluding hydrogens is 523 g/mol. The molecule has 0 N–H and O–H groups in total. The Morgan fingerprint density at radius 3 is 2.33 bits per heavy atom. The van der Waals surface area contributed by atoms with E-state index in [-0.39, 0.29) is 16.6 Å². The second kappa shape index (κ2) is 10.2. The smallest absolute Gasteiger partial charge is 0.243 e. The summed E-state index contributed by atoms with van der Waals surface area (Å²) in [5.41, 5.74) is 5.02. The first-order valence-corrected chi connectivity index (χ1v) is 15.9. The lowest BCUT2D eigenvalue weighted by Gasteiger charge is -2.48. The third-order valence-corrected chi connectivity index (χ3v) is 10.8. The van der Waals surface area contributed by atoms with Gasteiger partial charge < -0.3 is 4.90 Å². The highest BCUT2D eigenvalue weighted by Gasteiger charge is 2.47. The Morgan fingerprint density at radius 1 is 0.950 bits per heavy atom. The van der Waals surface area contributed by atoms with E-state index in [0.29, 0.717) is 24.4 Å². The highest BCUT2D eigenvalue weighted by atomic mass is 32.2. The molecule has 3 heterocycles. The first-order valence-electron chi connectivity index (χ1n) is 14.4. The van der Waals surface area contributed by atoms with Gasteiger partial charge in [-0.15, -0.1) is 0 Å². The topological polar surface area (TPSA) is 58.4 Å². The number of rotatable bonds is 5. The lowest BCUT2D eigenvalue weighted by Crippen LogP contribution is -2.54. The minimum absolute atomic E-state index is 0.0379. The van der Waals surface area contributed by atoms with E-state index in [4.69, 9.17) is 0 Å². The van der Waals surface area contributed by atoms with Gasteiger partial charge in [0, 0.05) is 25.0 Å². The summed E-state index contributed by atoms with van der Waals surface area (Å²) in [6.07, 6.45) is 9.19. The first-order chi connectivity index (χ1) is 19.0. The van der Waals surface area contributed by atoms with Crippen molar-refractivity contribution in [3.8, 4) is 5.69 Å². The fraction of sp³-hybridized carbons (Fsp3) is 0.469. The highest BCUT2D eigenvalue weighted by Crippen LogP contribution is 2.46. The third-order valence-electron chi connectivity index (χ3n) is 8.92. The predicted octanol–water partition coefficient (Wildman–Crippen LogP) is 5.82. The van der Waals surface area contributed by atoms with Crippen molar-refractivity contribution >= 4 is 16.1 Å². The van der Waals surface area contributed by atoms with Crippen LogP contribution in [-0.2, 0) is 21.9 Å². The fourth-order valence-corrected chi connectivity index (χ4v) is 8.18. The van der Waals surface area contributed by atoms with Crippen LogP contribution in [0.3, 0.4) is 0 Å². The minimum Gasteiger partial charge on any atom is -0.302 e. The summed E-state index contributed by atoms with van der Waals surface area (Å²) in [5.74, 6) is -0.273. The van der Waals surface area contributed by atoms with E-state index in [1.807, 2.05) is 23.0 Å². The van der Waals surface area contributed by atoms with Gasteiger partial charge >= 0.3 is 0 Å². The number of nitrogens with zero attached hydrogens (tertiary/aromatic N) is 4. The van der Waals surface area contributed by atoms with Crippen molar-refractivity contribution in [1.29, 1.82) is 0 Å². The molecule has 0 saturated carbocycles. The van der Waals surface area contributed by atoms with E-state index < -0.39 is 10.0 Å². The Morgan fingerprint density at radius 2 is 1.65 bits per heavy atom. The quantitative estimate of drug-likeness (QED) is 0.394. The van der Waals surface area contributed by atoms with E-state index in [1.165, 1.54) is 37.0 Å². The normalized spacial score (nSPS) is 22.4. The summed E-state index contributed by atoms with van der Waals surface area (Å²) in [7, 11) is -3.64. The average Bonchev–Trinajstić information content (AvgIpc) is 3.34. The molecule has 40 heavy (non-hydrogen) atoms. The van der Waals surface area contributed by atoms with Gasteiger partial charge in [-0.3, -0.25) is 0 Å². The van der Waals surface area contributed by atoms with Crippen molar-refractivity contribution < 1.29 is 12.8 Å². The maximum absolute atomic E-state index is 14.0. The van der Waals surface area contributed by atoms with Crippen molar-refractivity contribution in [3.63, 3.8) is 0 Å². The largest absolute Gasteiger partial charge is 0.302 e. The van der Waals surface area contributed by atoms with Crippen LogP contribution in [0.15, 0.2) is 65.2 Å². The Bertz CT molecular complexity index is 1510. The number of likely N-dealkylation sites (tertiary alicyclic amines) is 1. The van der Waals surface area contributed by atoms with E-state index in [2.05, 4.69) is 36.8 Å². The van der Waals surface area contributed by atoms with Crippen LogP contribution >= 0.6 is 0 Å². The summed E-state index contributed by atoms with van der Waals surface area (Å²) < 4.78 is 45.1. The standard InChI is InChI=1S/C32H39FN4O2S/c1-31(2,3)25-7-13-29(14-8-25)40(38,39)36-18-15-26-19-30-24(21-34-37(30)28-11-9-27(33)10-12-28)20-32(26,23-36)22-35-16-5-4-6-17-35/h7-14,19,21H,4-6,15-18,20,22-23H2,1-3H3/t32-/m0/s1. The Balaban J connectivity index is 1.35. The zero-order valence-electron chi connectivity index (χ0n) is 23.7. The molecule has 3 aromatic rings. The molecule has 8 heteroatoms. The van der Waals surface area contributed by atoms with E-state index in [9.17, 15) is 12.8 Å². The van der Waals surface area contributed by atoms with Crippen LogP contribution in [0, 0.1) is 11.2 Å². The summed E-state index contributed by atoms with van der Waals surface area (Å²) in [6.45, 7) is 10.3. The summed E-state index contributed by atoms with van der Waals surface area (Å²) in [6, 6.07) is 13.8. The number of fused-ring (bicyclic) bond motifs is 2. The van der Waals surface area contributed by atoms with Gasteiger partial charge in [0.2, 0.25) is 10.0 Å². The molecule has 6 rings (SSSR count). The van der Waals surface area contributed by atoms with Gasteiger partial charge in [-0.05, 0) is 97.8 Å². The van der Waals surface area contributed by atoms with Crippen LogP contribution in [0.2, 0.25) is 0 Å². The van der Waals surface area contributed by atoms with Gasteiger partial charge in [0.05, 0.1) is 22.5 Å². The molecule has 0 bridgehead atoms. The Hall–Kier alpha value is -2.81. The Kier molecular flexibility index (Phi) is 7.00. The summed E-state index contributed by atoms with van der Waals surface area (Å²) >= 11 is 0. The van der Waals surface area contributed by atoms with Crippen LogP contribution < -0.4 is 0 Å².